The van der Waals surface area contributed by atoms with Crippen LogP contribution in [0.1, 0.15) is 20.7 Å². The molecule has 1 aliphatic heterocycles. The molecule has 0 aromatic heterocycles. The maximum atomic E-state index is 12.1. The SMILES string of the molecule is NC(=O)c1ccccc1NC=CC(=O)c1ccc2c(c1)OCO2. The molecule has 0 saturated carbocycles. The number of hydrogen-bond acceptors (Lipinski definition) is 5. The lowest BCUT2D eigenvalue weighted by Crippen LogP contribution is -2.13. The van der Waals surface area contributed by atoms with Gasteiger partial charge in [-0.2, -0.15) is 0 Å². The molecule has 0 radical (unpaired) electrons. The molecule has 1 amide bonds. The average Bonchev–Trinajstić information content (AvgIpc) is 3.02. The Morgan fingerprint density at radius 1 is 1.09 bits per heavy atom. The van der Waals surface area contributed by atoms with E-state index in [1.807, 2.05) is 0 Å². The summed E-state index contributed by atoms with van der Waals surface area (Å²) in [5.41, 5.74) is 6.67. The largest absolute Gasteiger partial charge is 0.454 e. The summed E-state index contributed by atoms with van der Waals surface area (Å²) in [6.07, 6.45) is 2.84. The predicted octanol–water partition coefficient (Wildman–Crippen LogP) is 2.32. The number of ketones is 1. The highest BCUT2D eigenvalue weighted by molar-refractivity contribution is 6.05. The van der Waals surface area contributed by atoms with Crippen LogP contribution in [0.2, 0.25) is 0 Å². The van der Waals surface area contributed by atoms with Crippen molar-refractivity contribution in [3.05, 3.63) is 65.9 Å². The van der Waals surface area contributed by atoms with E-state index in [1.165, 1.54) is 12.3 Å². The minimum atomic E-state index is -0.538. The number of nitrogens with one attached hydrogen (secondary N) is 1. The van der Waals surface area contributed by atoms with Gasteiger partial charge in [0.15, 0.2) is 17.3 Å². The quantitative estimate of drug-likeness (QED) is 0.653. The number of primary amides is 1. The van der Waals surface area contributed by atoms with Crippen molar-refractivity contribution >= 4 is 17.4 Å². The minimum Gasteiger partial charge on any atom is -0.454 e. The number of nitrogens with two attached hydrogens (primary N) is 1. The van der Waals surface area contributed by atoms with Crippen molar-refractivity contribution in [2.24, 2.45) is 5.73 Å². The Bertz CT molecular complexity index is 799. The van der Waals surface area contributed by atoms with Crippen LogP contribution < -0.4 is 20.5 Å². The summed E-state index contributed by atoms with van der Waals surface area (Å²) >= 11 is 0. The van der Waals surface area contributed by atoms with Crippen LogP contribution in [-0.2, 0) is 0 Å². The Hall–Kier alpha value is -3.28. The average molecular weight is 310 g/mol. The molecule has 23 heavy (non-hydrogen) atoms. The first kappa shape index (κ1) is 14.6. The van der Waals surface area contributed by atoms with Crippen molar-refractivity contribution in [1.82, 2.24) is 0 Å². The maximum Gasteiger partial charge on any atom is 0.250 e. The van der Waals surface area contributed by atoms with E-state index in [0.29, 0.717) is 28.3 Å². The Balaban J connectivity index is 1.71. The summed E-state index contributed by atoms with van der Waals surface area (Å²) in [5.74, 6) is 0.436. The third-order valence-corrected chi connectivity index (χ3v) is 3.32. The number of hydrogen-bond donors (Lipinski definition) is 2. The Kier molecular flexibility index (Phi) is 3.97. The number of rotatable bonds is 5. The van der Waals surface area contributed by atoms with Gasteiger partial charge in [-0.25, -0.2) is 0 Å². The molecule has 3 N–H and O–H groups in total. The Morgan fingerprint density at radius 3 is 2.70 bits per heavy atom. The first-order valence-corrected chi connectivity index (χ1v) is 6.91. The zero-order valence-electron chi connectivity index (χ0n) is 12.1. The summed E-state index contributed by atoms with van der Waals surface area (Å²) < 4.78 is 10.4. The molecule has 0 atom stereocenters. The van der Waals surface area contributed by atoms with E-state index < -0.39 is 5.91 Å². The minimum absolute atomic E-state index is 0.161. The molecular formula is C17H14N2O4. The molecule has 0 unspecified atom stereocenters. The van der Waals surface area contributed by atoms with Crippen molar-refractivity contribution in [1.29, 1.82) is 0 Å². The molecule has 6 nitrogen and oxygen atoms in total. The van der Waals surface area contributed by atoms with E-state index in [2.05, 4.69) is 5.32 Å². The normalized spacial score (nSPS) is 12.3. The zero-order valence-corrected chi connectivity index (χ0v) is 12.1. The van der Waals surface area contributed by atoms with Crippen molar-refractivity contribution in [3.63, 3.8) is 0 Å². The van der Waals surface area contributed by atoms with E-state index in [0.717, 1.165) is 0 Å². The molecule has 116 valence electrons. The summed E-state index contributed by atoms with van der Waals surface area (Å²) in [7, 11) is 0. The van der Waals surface area contributed by atoms with Crippen LogP contribution in [0.25, 0.3) is 0 Å². The number of fused-ring (bicyclic) bond motifs is 1. The number of allylic oxidation sites excluding steroid dienone is 1. The third kappa shape index (κ3) is 3.16. The highest BCUT2D eigenvalue weighted by Gasteiger charge is 2.15. The van der Waals surface area contributed by atoms with Gasteiger partial charge < -0.3 is 20.5 Å². The highest BCUT2D eigenvalue weighted by Crippen LogP contribution is 2.32. The van der Waals surface area contributed by atoms with E-state index in [9.17, 15) is 9.59 Å². The van der Waals surface area contributed by atoms with Crippen LogP contribution in [-0.4, -0.2) is 18.5 Å². The number of ether oxygens (including phenoxy) is 2. The molecule has 0 spiro atoms. The van der Waals surface area contributed by atoms with Gasteiger partial charge in [0, 0.05) is 17.8 Å². The predicted molar refractivity (Wildman–Crippen MR) is 84.6 cm³/mol. The van der Waals surface area contributed by atoms with Gasteiger partial charge in [-0.15, -0.1) is 0 Å². The fraction of sp³-hybridized carbons (Fsp3) is 0.0588. The van der Waals surface area contributed by atoms with Crippen LogP contribution in [0.4, 0.5) is 5.69 Å². The second-order valence-corrected chi connectivity index (χ2v) is 4.82. The maximum absolute atomic E-state index is 12.1. The van der Waals surface area contributed by atoms with Crippen molar-refractivity contribution < 1.29 is 19.1 Å². The summed E-state index contributed by atoms with van der Waals surface area (Å²) in [5, 5.41) is 2.89. The number of benzene rings is 2. The van der Waals surface area contributed by atoms with E-state index >= 15 is 0 Å². The van der Waals surface area contributed by atoms with Crippen LogP contribution in [0.15, 0.2) is 54.7 Å². The number of anilines is 1. The summed E-state index contributed by atoms with van der Waals surface area (Å²) in [6, 6.07) is 11.8. The lowest BCUT2D eigenvalue weighted by atomic mass is 10.1. The fourth-order valence-corrected chi connectivity index (χ4v) is 2.18. The molecule has 0 fully saturated rings. The van der Waals surface area contributed by atoms with Gasteiger partial charge in [0.05, 0.1) is 11.3 Å². The standard InChI is InChI=1S/C17H14N2O4/c18-17(21)12-3-1-2-4-13(12)19-8-7-14(20)11-5-6-15-16(9-11)23-10-22-15/h1-9,19H,10H2,(H2,18,21). The number of para-hydroxylation sites is 1. The molecule has 0 bridgehead atoms. The first-order valence-electron chi connectivity index (χ1n) is 6.91. The number of carbonyl (C=O) groups is 2. The highest BCUT2D eigenvalue weighted by atomic mass is 16.7. The zero-order chi connectivity index (χ0) is 16.2. The molecule has 6 heteroatoms. The van der Waals surface area contributed by atoms with Crippen molar-refractivity contribution in [2.45, 2.75) is 0 Å². The molecule has 0 aliphatic carbocycles. The van der Waals surface area contributed by atoms with E-state index in [1.54, 1.807) is 42.5 Å². The van der Waals surface area contributed by atoms with Crippen LogP contribution in [0.3, 0.4) is 0 Å². The second-order valence-electron chi connectivity index (χ2n) is 4.82. The van der Waals surface area contributed by atoms with Gasteiger partial charge in [-0.3, -0.25) is 9.59 Å². The molecule has 2 aromatic rings. The summed E-state index contributed by atoms with van der Waals surface area (Å²) in [4.78, 5) is 23.5. The Morgan fingerprint density at radius 2 is 1.87 bits per heavy atom. The van der Waals surface area contributed by atoms with Crippen molar-refractivity contribution in [2.75, 3.05) is 12.1 Å². The monoisotopic (exact) mass is 310 g/mol. The molecule has 0 saturated heterocycles. The first-order chi connectivity index (χ1) is 11.1. The molecular weight excluding hydrogens is 296 g/mol. The van der Waals surface area contributed by atoms with Gasteiger partial charge in [-0.05, 0) is 30.3 Å². The van der Waals surface area contributed by atoms with E-state index in [-0.39, 0.29) is 12.6 Å². The van der Waals surface area contributed by atoms with Gasteiger partial charge in [0.25, 0.3) is 5.91 Å². The molecule has 1 aliphatic rings. The number of amides is 1. The topological polar surface area (TPSA) is 90.7 Å². The smallest absolute Gasteiger partial charge is 0.250 e. The van der Waals surface area contributed by atoms with Crippen molar-refractivity contribution in [3.8, 4) is 11.5 Å². The second kappa shape index (κ2) is 6.23. The van der Waals surface area contributed by atoms with E-state index in [4.69, 9.17) is 15.2 Å². The third-order valence-electron chi connectivity index (χ3n) is 3.32. The van der Waals surface area contributed by atoms with Crippen LogP contribution >= 0.6 is 0 Å². The lowest BCUT2D eigenvalue weighted by molar-refractivity contribution is 0.0999. The summed E-state index contributed by atoms with van der Waals surface area (Å²) in [6.45, 7) is 0.161. The van der Waals surface area contributed by atoms with Gasteiger partial charge in [0.1, 0.15) is 0 Å². The lowest BCUT2D eigenvalue weighted by Gasteiger charge is -2.05. The molecule has 3 rings (SSSR count). The molecule has 2 aromatic carbocycles. The fourth-order valence-electron chi connectivity index (χ4n) is 2.18. The van der Waals surface area contributed by atoms with Crippen LogP contribution in [0.5, 0.6) is 11.5 Å². The Labute approximate surface area is 132 Å². The molecule has 1 heterocycles. The van der Waals surface area contributed by atoms with Gasteiger partial charge in [0.2, 0.25) is 6.79 Å². The van der Waals surface area contributed by atoms with Gasteiger partial charge >= 0.3 is 0 Å². The van der Waals surface area contributed by atoms with Gasteiger partial charge in [-0.1, -0.05) is 12.1 Å². The van der Waals surface area contributed by atoms with Crippen LogP contribution in [0, 0.1) is 0 Å². The number of carbonyl (C=O) groups excluding carboxylic acids is 2.